The van der Waals surface area contributed by atoms with Gasteiger partial charge in [0.1, 0.15) is 11.6 Å². The van der Waals surface area contributed by atoms with Crippen LogP contribution in [0, 0.1) is 0 Å². The van der Waals surface area contributed by atoms with Crippen LogP contribution in [0.2, 0.25) is 5.02 Å². The summed E-state index contributed by atoms with van der Waals surface area (Å²) in [7, 11) is 0. The molecule has 120 valence electrons. The van der Waals surface area contributed by atoms with Crippen molar-refractivity contribution in [1.29, 1.82) is 0 Å². The second kappa shape index (κ2) is 7.34. The summed E-state index contributed by atoms with van der Waals surface area (Å²) in [6.07, 6.45) is 6.62. The molecule has 1 aliphatic heterocycles. The van der Waals surface area contributed by atoms with Crippen molar-refractivity contribution in [3.05, 3.63) is 41.9 Å². The minimum atomic E-state index is -0.0761. The first-order chi connectivity index (χ1) is 11.2. The van der Waals surface area contributed by atoms with Gasteiger partial charge in [0.05, 0.1) is 17.8 Å². The number of aromatic nitrogens is 3. The predicted octanol–water partition coefficient (Wildman–Crippen LogP) is 1.29. The van der Waals surface area contributed by atoms with Crippen LogP contribution >= 0.6 is 11.6 Å². The molecule has 3 rings (SSSR count). The molecule has 0 aromatic carbocycles. The summed E-state index contributed by atoms with van der Waals surface area (Å²) in [6.45, 7) is 3.60. The molecule has 0 spiro atoms. The second-order valence-electron chi connectivity index (χ2n) is 5.24. The summed E-state index contributed by atoms with van der Waals surface area (Å²) in [4.78, 5) is 28.8. The van der Waals surface area contributed by atoms with E-state index in [0.29, 0.717) is 17.4 Å². The topological polar surface area (TPSA) is 74.2 Å². The zero-order chi connectivity index (χ0) is 16.1. The van der Waals surface area contributed by atoms with Gasteiger partial charge in [0.15, 0.2) is 0 Å². The molecule has 1 fully saturated rings. The molecule has 1 saturated heterocycles. The zero-order valence-electron chi connectivity index (χ0n) is 12.5. The van der Waals surface area contributed by atoms with Gasteiger partial charge in [-0.15, -0.1) is 0 Å². The van der Waals surface area contributed by atoms with Gasteiger partial charge in [-0.25, -0.2) is 9.97 Å². The van der Waals surface area contributed by atoms with Gasteiger partial charge in [0.25, 0.3) is 0 Å². The molecule has 2 aromatic rings. The maximum Gasteiger partial charge on any atom is 0.239 e. The molecule has 0 aliphatic carbocycles. The summed E-state index contributed by atoms with van der Waals surface area (Å²) in [5, 5.41) is 3.32. The zero-order valence-corrected chi connectivity index (χ0v) is 13.3. The Bertz CT molecular complexity index is 643. The first-order valence-electron chi connectivity index (χ1n) is 7.35. The minimum Gasteiger partial charge on any atom is -0.353 e. The van der Waals surface area contributed by atoms with Gasteiger partial charge in [-0.2, -0.15) is 0 Å². The van der Waals surface area contributed by atoms with Crippen molar-refractivity contribution in [3.8, 4) is 0 Å². The molecule has 23 heavy (non-hydrogen) atoms. The first kappa shape index (κ1) is 15.6. The number of piperazine rings is 1. The highest BCUT2D eigenvalue weighted by Gasteiger charge is 2.20. The number of carbonyl (C=O) groups is 1. The molecular weight excluding hydrogens is 316 g/mol. The molecule has 2 aromatic heterocycles. The highest BCUT2D eigenvalue weighted by atomic mass is 35.5. The summed E-state index contributed by atoms with van der Waals surface area (Å²) in [5.74, 6) is 1.31. The number of amides is 1. The van der Waals surface area contributed by atoms with Gasteiger partial charge >= 0.3 is 0 Å². The Morgan fingerprint density at radius 2 is 1.96 bits per heavy atom. The number of pyridine rings is 1. The van der Waals surface area contributed by atoms with Crippen molar-refractivity contribution in [3.63, 3.8) is 0 Å². The Hall–Kier alpha value is -2.25. The lowest BCUT2D eigenvalue weighted by atomic mass is 10.3. The van der Waals surface area contributed by atoms with Crippen molar-refractivity contribution in [2.45, 2.75) is 0 Å². The van der Waals surface area contributed by atoms with Crippen molar-refractivity contribution in [1.82, 2.24) is 19.9 Å². The molecule has 1 amide bonds. The molecule has 0 bridgehead atoms. The van der Waals surface area contributed by atoms with E-state index in [9.17, 15) is 4.79 Å². The van der Waals surface area contributed by atoms with Crippen LogP contribution in [0.4, 0.5) is 11.6 Å². The lowest BCUT2D eigenvalue weighted by Gasteiger charge is -2.34. The Labute approximate surface area is 139 Å². The summed E-state index contributed by atoms with van der Waals surface area (Å²) < 4.78 is 0. The van der Waals surface area contributed by atoms with Crippen molar-refractivity contribution in [2.75, 3.05) is 42.9 Å². The lowest BCUT2D eigenvalue weighted by molar-refractivity contribution is -0.117. The van der Waals surface area contributed by atoms with Crippen molar-refractivity contribution >= 4 is 29.1 Å². The Morgan fingerprint density at radius 1 is 1.13 bits per heavy atom. The Morgan fingerprint density at radius 3 is 2.61 bits per heavy atom. The third kappa shape index (κ3) is 4.37. The first-order valence-corrected chi connectivity index (χ1v) is 7.73. The van der Waals surface area contributed by atoms with E-state index >= 15 is 0 Å². The van der Waals surface area contributed by atoms with Gasteiger partial charge in [0, 0.05) is 44.8 Å². The van der Waals surface area contributed by atoms with E-state index in [1.807, 2.05) is 0 Å². The highest BCUT2D eigenvalue weighted by Crippen LogP contribution is 2.12. The number of carbonyl (C=O) groups excluding carboxylic acids is 1. The van der Waals surface area contributed by atoms with Gasteiger partial charge < -0.3 is 10.2 Å². The number of nitrogens with zero attached hydrogens (tertiary/aromatic N) is 5. The van der Waals surface area contributed by atoms with E-state index < -0.39 is 0 Å². The average molecular weight is 333 g/mol. The van der Waals surface area contributed by atoms with E-state index in [1.165, 1.54) is 6.20 Å². The number of halogens is 1. The molecule has 0 unspecified atom stereocenters. The Kier molecular flexibility index (Phi) is 4.99. The van der Waals surface area contributed by atoms with Crippen LogP contribution in [0.1, 0.15) is 0 Å². The van der Waals surface area contributed by atoms with Crippen LogP contribution in [0.25, 0.3) is 0 Å². The van der Waals surface area contributed by atoms with Crippen LogP contribution in [0.15, 0.2) is 36.9 Å². The highest BCUT2D eigenvalue weighted by molar-refractivity contribution is 6.30. The number of nitrogens with one attached hydrogen (secondary N) is 1. The van der Waals surface area contributed by atoms with Crippen LogP contribution < -0.4 is 10.2 Å². The van der Waals surface area contributed by atoms with Crippen LogP contribution in [-0.2, 0) is 4.79 Å². The normalized spacial score (nSPS) is 15.4. The summed E-state index contributed by atoms with van der Waals surface area (Å²) in [5.41, 5.74) is 0. The van der Waals surface area contributed by atoms with Crippen LogP contribution in [0.5, 0.6) is 0 Å². The minimum absolute atomic E-state index is 0.0761. The van der Waals surface area contributed by atoms with Crippen LogP contribution in [-0.4, -0.2) is 58.5 Å². The fourth-order valence-corrected chi connectivity index (χ4v) is 2.54. The van der Waals surface area contributed by atoms with Crippen molar-refractivity contribution < 1.29 is 4.79 Å². The van der Waals surface area contributed by atoms with Crippen molar-refractivity contribution in [2.24, 2.45) is 0 Å². The second-order valence-corrected chi connectivity index (χ2v) is 5.67. The average Bonchev–Trinajstić information content (AvgIpc) is 2.58. The number of anilines is 2. The molecule has 7 nitrogen and oxygen atoms in total. The molecule has 3 heterocycles. The largest absolute Gasteiger partial charge is 0.353 e. The molecule has 8 heteroatoms. The molecule has 0 saturated carbocycles. The third-order valence-electron chi connectivity index (χ3n) is 3.61. The molecule has 0 atom stereocenters. The number of hydrogen-bond donors (Lipinski definition) is 1. The van der Waals surface area contributed by atoms with E-state index in [2.05, 4.69) is 30.1 Å². The third-order valence-corrected chi connectivity index (χ3v) is 3.83. The van der Waals surface area contributed by atoms with E-state index in [0.717, 1.165) is 32.0 Å². The maximum atomic E-state index is 12.1. The molecular formula is C15H17ClN6O. The summed E-state index contributed by atoms with van der Waals surface area (Å²) >= 11 is 5.77. The monoisotopic (exact) mass is 332 g/mol. The molecule has 1 N–H and O–H groups in total. The van der Waals surface area contributed by atoms with Gasteiger partial charge in [0.2, 0.25) is 5.91 Å². The lowest BCUT2D eigenvalue weighted by Crippen LogP contribution is -2.49. The van der Waals surface area contributed by atoms with Crippen LogP contribution in [0.3, 0.4) is 0 Å². The SMILES string of the molecule is O=C(CN1CCN(c2cnccn2)CC1)Nc1ccc(Cl)cn1. The van der Waals surface area contributed by atoms with Gasteiger partial charge in [-0.05, 0) is 12.1 Å². The predicted molar refractivity (Wildman–Crippen MR) is 88.6 cm³/mol. The quantitative estimate of drug-likeness (QED) is 0.909. The fraction of sp³-hybridized carbons (Fsp3) is 0.333. The number of rotatable bonds is 4. The smallest absolute Gasteiger partial charge is 0.239 e. The number of hydrogen-bond acceptors (Lipinski definition) is 6. The maximum absolute atomic E-state index is 12.1. The van der Waals surface area contributed by atoms with E-state index in [1.54, 1.807) is 30.7 Å². The Balaban J connectivity index is 1.47. The van der Waals surface area contributed by atoms with Gasteiger partial charge in [-0.3, -0.25) is 14.7 Å². The fourth-order valence-electron chi connectivity index (χ4n) is 2.42. The van der Waals surface area contributed by atoms with E-state index in [-0.39, 0.29) is 5.91 Å². The van der Waals surface area contributed by atoms with Gasteiger partial charge in [-0.1, -0.05) is 11.6 Å². The molecule has 0 radical (unpaired) electrons. The van der Waals surface area contributed by atoms with E-state index in [4.69, 9.17) is 11.6 Å². The standard InChI is InChI=1S/C15H17ClN6O/c16-12-1-2-13(19-9-12)20-15(23)11-21-5-7-22(8-6-21)14-10-17-3-4-18-14/h1-4,9-10H,5-8,11H2,(H,19,20,23). The summed E-state index contributed by atoms with van der Waals surface area (Å²) in [6, 6.07) is 3.38. The molecule has 1 aliphatic rings.